The Hall–Kier alpha value is -3.12. The predicted octanol–water partition coefficient (Wildman–Crippen LogP) is 6.83. The van der Waals surface area contributed by atoms with Crippen LogP contribution >= 0.6 is 0 Å². The van der Waals surface area contributed by atoms with Crippen LogP contribution in [-0.2, 0) is 10.8 Å². The lowest BCUT2D eigenvalue weighted by molar-refractivity contribution is 0.445. The molecule has 5 rings (SSSR count). The molecule has 3 aromatic carbocycles. The number of hydrogen-bond donors (Lipinski definition) is 0. The summed E-state index contributed by atoms with van der Waals surface area (Å²) in [6, 6.07) is 29.1. The summed E-state index contributed by atoms with van der Waals surface area (Å²) in [4.78, 5) is 0. The van der Waals surface area contributed by atoms with Crippen LogP contribution in [0.5, 0.6) is 0 Å². The second-order valence-corrected chi connectivity index (χ2v) is 11.6. The second-order valence-electron chi connectivity index (χ2n) is 11.6. The molecule has 0 amide bonds. The molecule has 0 N–H and O–H groups in total. The summed E-state index contributed by atoms with van der Waals surface area (Å²) in [6.07, 6.45) is 7.42. The number of allylic oxidation sites excluding steroid dienone is 4. The van der Waals surface area contributed by atoms with Gasteiger partial charge >= 0.3 is 0 Å². The van der Waals surface area contributed by atoms with Crippen LogP contribution in [0, 0.1) is 5.41 Å². The van der Waals surface area contributed by atoms with Crippen molar-refractivity contribution in [1.82, 2.24) is 0 Å². The van der Waals surface area contributed by atoms with Gasteiger partial charge in [-0.1, -0.05) is 133 Å². The summed E-state index contributed by atoms with van der Waals surface area (Å²) in [6.45, 7) is 13.9. The lowest BCUT2D eigenvalue weighted by Gasteiger charge is -2.44. The lowest BCUT2D eigenvalue weighted by Crippen LogP contribution is -2.37. The highest BCUT2D eigenvalue weighted by molar-refractivity contribution is 5.91. The molecule has 0 atom stereocenters. The molecule has 0 nitrogen and oxygen atoms in total. The van der Waals surface area contributed by atoms with E-state index in [0.29, 0.717) is 0 Å². The maximum absolute atomic E-state index is 2.53. The molecule has 0 bridgehead atoms. The molecule has 0 aliphatic heterocycles. The third-order valence-electron chi connectivity index (χ3n) is 7.18. The van der Waals surface area contributed by atoms with Crippen LogP contribution < -0.4 is 10.4 Å². The highest BCUT2D eigenvalue weighted by atomic mass is 14.5. The van der Waals surface area contributed by atoms with Crippen molar-refractivity contribution < 1.29 is 0 Å². The van der Waals surface area contributed by atoms with Gasteiger partial charge in [0.1, 0.15) is 0 Å². The van der Waals surface area contributed by atoms with Gasteiger partial charge in [-0.25, -0.2) is 0 Å². The van der Waals surface area contributed by atoms with E-state index in [0.717, 1.165) is 0 Å². The predicted molar refractivity (Wildman–Crippen MR) is 142 cm³/mol. The second kappa shape index (κ2) is 7.45. The van der Waals surface area contributed by atoms with Crippen molar-refractivity contribution >= 4 is 11.6 Å². The maximum atomic E-state index is 2.53. The van der Waals surface area contributed by atoms with Crippen LogP contribution in [0.1, 0.15) is 58.2 Å². The molecule has 0 unspecified atom stereocenters. The molecule has 33 heavy (non-hydrogen) atoms. The Kier molecular flexibility index (Phi) is 4.90. The van der Waals surface area contributed by atoms with Gasteiger partial charge < -0.3 is 0 Å². The Morgan fingerprint density at radius 2 is 1.18 bits per heavy atom. The number of fused-ring (bicyclic) bond motifs is 2. The molecule has 0 heteroatoms. The Balaban J connectivity index is 1.88. The third kappa shape index (κ3) is 3.53. The van der Waals surface area contributed by atoms with Gasteiger partial charge in [-0.15, -0.1) is 0 Å². The first-order valence-electron chi connectivity index (χ1n) is 12.0. The van der Waals surface area contributed by atoms with E-state index in [1.54, 1.807) is 0 Å². The van der Waals surface area contributed by atoms with Gasteiger partial charge in [-0.2, -0.15) is 0 Å². The van der Waals surface area contributed by atoms with Crippen molar-refractivity contribution in [2.75, 3.05) is 0 Å². The normalized spacial score (nSPS) is 17.0. The molecule has 0 fully saturated rings. The van der Waals surface area contributed by atoms with Gasteiger partial charge in [0, 0.05) is 0 Å². The van der Waals surface area contributed by atoms with Gasteiger partial charge in [-0.05, 0) is 60.8 Å². The summed E-state index contributed by atoms with van der Waals surface area (Å²) >= 11 is 0. The number of hydrogen-bond acceptors (Lipinski definition) is 0. The van der Waals surface area contributed by atoms with Gasteiger partial charge in [0.2, 0.25) is 0 Å². The SMILES string of the molecule is CC(C)(C)C1=CC2=c3cc(C(C)(C)C)ccc3=CC2=CC1(c1ccccc1)c1ccccc1. The van der Waals surface area contributed by atoms with E-state index in [-0.39, 0.29) is 16.2 Å². The number of benzene rings is 3. The largest absolute Gasteiger partial charge is 0.0622 e. The van der Waals surface area contributed by atoms with Gasteiger partial charge in [-0.3, -0.25) is 0 Å². The summed E-state index contributed by atoms with van der Waals surface area (Å²) in [5, 5.41) is 2.69. The first kappa shape index (κ1) is 21.7. The molecular weight excluding hydrogens is 396 g/mol. The third-order valence-corrected chi connectivity index (χ3v) is 7.18. The van der Waals surface area contributed by atoms with Gasteiger partial charge in [0.25, 0.3) is 0 Å². The van der Waals surface area contributed by atoms with Gasteiger partial charge in [0.15, 0.2) is 0 Å². The van der Waals surface area contributed by atoms with Gasteiger partial charge in [0.05, 0.1) is 5.41 Å². The summed E-state index contributed by atoms with van der Waals surface area (Å²) in [5.74, 6) is 0. The zero-order chi connectivity index (χ0) is 23.4. The fraction of sp³-hybridized carbons (Fsp3) is 0.273. The van der Waals surface area contributed by atoms with E-state index in [4.69, 9.17) is 0 Å². The van der Waals surface area contributed by atoms with Crippen molar-refractivity contribution in [2.24, 2.45) is 5.41 Å². The van der Waals surface area contributed by atoms with E-state index in [1.807, 2.05) is 0 Å². The van der Waals surface area contributed by atoms with Crippen LogP contribution in [0.15, 0.2) is 102 Å². The maximum Gasteiger partial charge on any atom is 0.0609 e. The van der Waals surface area contributed by atoms with E-state index in [1.165, 1.54) is 43.8 Å². The molecule has 166 valence electrons. The highest BCUT2D eigenvalue weighted by Gasteiger charge is 2.44. The van der Waals surface area contributed by atoms with E-state index >= 15 is 0 Å². The van der Waals surface area contributed by atoms with Crippen LogP contribution in [0.4, 0.5) is 0 Å². The first-order valence-corrected chi connectivity index (χ1v) is 12.0. The fourth-order valence-electron chi connectivity index (χ4n) is 5.49. The Morgan fingerprint density at radius 1 is 0.606 bits per heavy atom. The van der Waals surface area contributed by atoms with Crippen molar-refractivity contribution in [1.29, 1.82) is 0 Å². The average molecular weight is 431 g/mol. The molecule has 0 radical (unpaired) electrons. The molecule has 2 aliphatic rings. The lowest BCUT2D eigenvalue weighted by atomic mass is 9.59. The summed E-state index contributed by atoms with van der Waals surface area (Å²) in [5.41, 5.74) is 7.99. The zero-order valence-electron chi connectivity index (χ0n) is 20.7. The molecule has 2 aliphatic carbocycles. The van der Waals surface area contributed by atoms with Crippen molar-refractivity contribution in [3.05, 3.63) is 129 Å². The van der Waals surface area contributed by atoms with Crippen LogP contribution in [-0.4, -0.2) is 0 Å². The number of rotatable bonds is 2. The fourth-order valence-corrected chi connectivity index (χ4v) is 5.49. The quantitative estimate of drug-likeness (QED) is 0.418. The van der Waals surface area contributed by atoms with E-state index < -0.39 is 0 Å². The van der Waals surface area contributed by atoms with Crippen LogP contribution in [0.3, 0.4) is 0 Å². The standard InChI is InChI=1S/C33H34/c1-31(2,3)27-18-17-23-19-24-22-33(25-13-9-7-10-14-25,26-15-11-8-12-16-26)30(32(4,5)6)21-29(24)28(23)20-27/h7-22H,1-6H3. The van der Waals surface area contributed by atoms with Crippen LogP contribution in [0.25, 0.3) is 11.6 Å². The molecule has 0 spiro atoms. The topological polar surface area (TPSA) is 0 Å². The molecule has 0 saturated heterocycles. The Bertz CT molecular complexity index is 1340. The molecule has 0 heterocycles. The van der Waals surface area contributed by atoms with Crippen LogP contribution in [0.2, 0.25) is 0 Å². The first-order chi connectivity index (χ1) is 15.6. The summed E-state index contributed by atoms with van der Waals surface area (Å²) in [7, 11) is 0. The minimum absolute atomic E-state index is 0.00883. The highest BCUT2D eigenvalue weighted by Crippen LogP contribution is 2.52. The smallest absolute Gasteiger partial charge is 0.0609 e. The Morgan fingerprint density at radius 3 is 1.70 bits per heavy atom. The molecule has 0 saturated carbocycles. The van der Waals surface area contributed by atoms with E-state index in [9.17, 15) is 0 Å². The minimum Gasteiger partial charge on any atom is -0.0622 e. The van der Waals surface area contributed by atoms with E-state index in [2.05, 4.69) is 139 Å². The van der Waals surface area contributed by atoms with Crippen molar-refractivity contribution in [3.8, 4) is 0 Å². The summed E-state index contributed by atoms with van der Waals surface area (Å²) < 4.78 is 0. The molecular formula is C33H34. The zero-order valence-corrected chi connectivity index (χ0v) is 20.7. The molecule has 3 aromatic rings. The minimum atomic E-state index is -0.301. The monoisotopic (exact) mass is 430 g/mol. The van der Waals surface area contributed by atoms with Crippen molar-refractivity contribution in [3.63, 3.8) is 0 Å². The van der Waals surface area contributed by atoms with Crippen molar-refractivity contribution in [2.45, 2.75) is 52.4 Å². The molecule has 0 aromatic heterocycles. The average Bonchev–Trinajstić information content (AvgIpc) is 3.14. The Labute approximate surface area is 198 Å².